The summed E-state index contributed by atoms with van der Waals surface area (Å²) in [4.78, 5) is 0. The molecule has 94 valence electrons. The summed E-state index contributed by atoms with van der Waals surface area (Å²) >= 11 is 4.30. The maximum Gasteiger partial charge on any atom is 0.0263 e. The Morgan fingerprint density at radius 1 is 1.12 bits per heavy atom. The van der Waals surface area contributed by atoms with E-state index in [0.29, 0.717) is 0 Å². The van der Waals surface area contributed by atoms with Gasteiger partial charge < -0.3 is 5.32 Å². The first-order chi connectivity index (χ1) is 7.75. The van der Waals surface area contributed by atoms with Crippen molar-refractivity contribution in [3.63, 3.8) is 0 Å². The topological polar surface area (TPSA) is 12.0 Å². The summed E-state index contributed by atoms with van der Waals surface area (Å²) in [5.41, 5.74) is 0. The van der Waals surface area contributed by atoms with Crippen LogP contribution in [0.25, 0.3) is 0 Å². The highest BCUT2D eigenvalue weighted by Gasteiger charge is 2.25. The van der Waals surface area contributed by atoms with E-state index in [9.17, 15) is 0 Å². The summed E-state index contributed by atoms with van der Waals surface area (Å²) in [5.74, 6) is 5.93. The van der Waals surface area contributed by atoms with Crippen molar-refractivity contribution in [2.75, 3.05) is 23.8 Å². The van der Waals surface area contributed by atoms with Gasteiger partial charge in [0.05, 0.1) is 0 Å². The van der Waals surface area contributed by atoms with Crippen molar-refractivity contribution in [2.45, 2.75) is 44.4 Å². The normalized spacial score (nSPS) is 40.9. The summed E-state index contributed by atoms with van der Waals surface area (Å²) < 4.78 is 0. The van der Waals surface area contributed by atoms with Crippen LogP contribution in [0.3, 0.4) is 0 Å². The average Bonchev–Trinajstić information content (AvgIpc) is 2.32. The molecule has 1 nitrogen and oxygen atoms in total. The van der Waals surface area contributed by atoms with Crippen molar-refractivity contribution in [1.29, 1.82) is 0 Å². The Kier molecular flexibility index (Phi) is 5.37. The van der Waals surface area contributed by atoms with Crippen LogP contribution in [0.5, 0.6) is 0 Å². The highest BCUT2D eigenvalue weighted by molar-refractivity contribution is 8.06. The molecule has 2 aliphatic rings. The molecule has 0 spiro atoms. The minimum atomic E-state index is 0.804. The molecule has 0 aromatic rings. The van der Waals surface area contributed by atoms with Gasteiger partial charge in [-0.2, -0.15) is 23.5 Å². The summed E-state index contributed by atoms with van der Waals surface area (Å²) in [6.45, 7) is 6.07. The lowest BCUT2D eigenvalue weighted by atomic mass is 9.79. The molecule has 1 saturated heterocycles. The zero-order chi connectivity index (χ0) is 11.4. The third-order valence-electron chi connectivity index (χ3n) is 4.12. The molecule has 16 heavy (non-hydrogen) atoms. The van der Waals surface area contributed by atoms with Crippen LogP contribution in [0, 0.1) is 11.8 Å². The van der Waals surface area contributed by atoms with Crippen LogP contribution in [-0.4, -0.2) is 35.1 Å². The van der Waals surface area contributed by atoms with Crippen LogP contribution < -0.4 is 5.32 Å². The zero-order valence-corrected chi connectivity index (χ0v) is 12.2. The van der Waals surface area contributed by atoms with E-state index in [-0.39, 0.29) is 0 Å². The van der Waals surface area contributed by atoms with Crippen molar-refractivity contribution < 1.29 is 0 Å². The molecule has 1 saturated carbocycles. The molecule has 0 amide bonds. The van der Waals surface area contributed by atoms with E-state index in [0.717, 1.165) is 23.1 Å². The average molecular weight is 259 g/mol. The first kappa shape index (κ1) is 13.1. The van der Waals surface area contributed by atoms with Crippen LogP contribution in [0.15, 0.2) is 0 Å². The highest BCUT2D eigenvalue weighted by Crippen LogP contribution is 2.30. The maximum atomic E-state index is 3.81. The highest BCUT2D eigenvalue weighted by atomic mass is 32.2. The van der Waals surface area contributed by atoms with Crippen molar-refractivity contribution in [3.05, 3.63) is 0 Å². The quantitative estimate of drug-likeness (QED) is 0.835. The molecule has 0 radical (unpaired) electrons. The van der Waals surface area contributed by atoms with Gasteiger partial charge in [-0.25, -0.2) is 0 Å². The summed E-state index contributed by atoms with van der Waals surface area (Å²) in [6.07, 6.45) is 4.22. The Morgan fingerprint density at radius 2 is 2.00 bits per heavy atom. The lowest BCUT2D eigenvalue weighted by Gasteiger charge is -2.33. The Hall–Kier alpha value is 0.660. The molecule has 1 heterocycles. The zero-order valence-electron chi connectivity index (χ0n) is 10.6. The van der Waals surface area contributed by atoms with Gasteiger partial charge in [-0.05, 0) is 31.1 Å². The minimum Gasteiger partial charge on any atom is -0.313 e. The Morgan fingerprint density at radius 3 is 2.69 bits per heavy atom. The van der Waals surface area contributed by atoms with E-state index in [1.54, 1.807) is 0 Å². The SMILES string of the molecule is CC1CCC(NCC2CSCCS2)CC1C. The third kappa shape index (κ3) is 3.85. The third-order valence-corrected chi connectivity index (χ3v) is 6.96. The van der Waals surface area contributed by atoms with Crippen LogP contribution in [0.1, 0.15) is 33.1 Å². The predicted molar refractivity (Wildman–Crippen MR) is 77.5 cm³/mol. The molecule has 4 unspecified atom stereocenters. The number of nitrogens with one attached hydrogen (secondary N) is 1. The largest absolute Gasteiger partial charge is 0.313 e. The molecule has 1 aliphatic carbocycles. The van der Waals surface area contributed by atoms with Crippen LogP contribution in [0.4, 0.5) is 0 Å². The van der Waals surface area contributed by atoms with Gasteiger partial charge in [0.2, 0.25) is 0 Å². The van der Waals surface area contributed by atoms with E-state index in [2.05, 4.69) is 42.7 Å². The first-order valence-electron chi connectivity index (χ1n) is 6.68. The fraction of sp³-hybridized carbons (Fsp3) is 1.00. The van der Waals surface area contributed by atoms with Gasteiger partial charge >= 0.3 is 0 Å². The molecule has 1 N–H and O–H groups in total. The Balaban J connectivity index is 1.65. The number of hydrogen-bond donors (Lipinski definition) is 1. The molecule has 3 heteroatoms. The summed E-state index contributed by atoms with van der Waals surface area (Å²) in [5, 5.41) is 4.68. The van der Waals surface area contributed by atoms with Crippen molar-refractivity contribution in [2.24, 2.45) is 11.8 Å². The van der Waals surface area contributed by atoms with E-state index >= 15 is 0 Å². The van der Waals surface area contributed by atoms with Crippen LogP contribution >= 0.6 is 23.5 Å². The number of rotatable bonds is 3. The summed E-state index contributed by atoms with van der Waals surface area (Å²) in [7, 11) is 0. The van der Waals surface area contributed by atoms with E-state index < -0.39 is 0 Å². The Labute approximate surface area is 109 Å². The molecular weight excluding hydrogens is 234 g/mol. The fourth-order valence-electron chi connectivity index (χ4n) is 2.69. The van der Waals surface area contributed by atoms with Gasteiger partial charge in [-0.15, -0.1) is 0 Å². The van der Waals surface area contributed by atoms with E-state index in [4.69, 9.17) is 0 Å². The first-order valence-corrected chi connectivity index (χ1v) is 8.88. The lowest BCUT2D eigenvalue weighted by molar-refractivity contribution is 0.227. The van der Waals surface area contributed by atoms with Gasteiger partial charge in [-0.3, -0.25) is 0 Å². The molecule has 2 rings (SSSR count). The van der Waals surface area contributed by atoms with Gasteiger partial charge in [0.25, 0.3) is 0 Å². The van der Waals surface area contributed by atoms with Gasteiger partial charge in [-0.1, -0.05) is 13.8 Å². The monoisotopic (exact) mass is 259 g/mol. The molecule has 0 aromatic carbocycles. The molecule has 1 aliphatic heterocycles. The minimum absolute atomic E-state index is 0.804. The fourth-order valence-corrected chi connectivity index (χ4v) is 5.31. The van der Waals surface area contributed by atoms with Crippen molar-refractivity contribution in [1.82, 2.24) is 5.32 Å². The van der Waals surface area contributed by atoms with Gasteiger partial charge in [0.15, 0.2) is 0 Å². The second kappa shape index (κ2) is 6.55. The van der Waals surface area contributed by atoms with Crippen LogP contribution in [-0.2, 0) is 0 Å². The van der Waals surface area contributed by atoms with Crippen molar-refractivity contribution >= 4 is 23.5 Å². The second-order valence-corrected chi connectivity index (χ2v) is 8.00. The summed E-state index contributed by atoms with van der Waals surface area (Å²) in [6, 6.07) is 0.804. The number of thioether (sulfide) groups is 2. The van der Waals surface area contributed by atoms with E-state index in [1.165, 1.54) is 43.1 Å². The van der Waals surface area contributed by atoms with E-state index in [1.807, 2.05) is 0 Å². The van der Waals surface area contributed by atoms with Crippen molar-refractivity contribution in [3.8, 4) is 0 Å². The second-order valence-electron chi connectivity index (χ2n) is 5.44. The smallest absolute Gasteiger partial charge is 0.0263 e. The lowest BCUT2D eigenvalue weighted by Crippen LogP contribution is -2.40. The van der Waals surface area contributed by atoms with Gasteiger partial charge in [0, 0.05) is 35.1 Å². The van der Waals surface area contributed by atoms with Gasteiger partial charge in [0.1, 0.15) is 0 Å². The molecular formula is C13H25NS2. The molecule has 2 fully saturated rings. The number of hydrogen-bond acceptors (Lipinski definition) is 3. The molecule has 0 aromatic heterocycles. The Bertz CT molecular complexity index is 204. The maximum absolute atomic E-state index is 3.81. The molecule has 4 atom stereocenters. The standard InChI is InChI=1S/C13H25NS2/c1-10-3-4-12(7-11(10)2)14-8-13-9-15-5-6-16-13/h10-14H,3-9H2,1-2H3. The predicted octanol–water partition coefficient (Wildman–Crippen LogP) is 3.25. The van der Waals surface area contributed by atoms with Crippen LogP contribution in [0.2, 0.25) is 0 Å². The molecule has 0 bridgehead atoms.